The monoisotopic (exact) mass is 425 g/mol. The summed E-state index contributed by atoms with van der Waals surface area (Å²) in [6, 6.07) is 0. The third-order valence-electron chi connectivity index (χ3n) is 0. The summed E-state index contributed by atoms with van der Waals surface area (Å²) in [5.41, 5.74) is 0. The molecule has 1 nitrogen and oxygen atoms in total. The van der Waals surface area contributed by atoms with Crippen LogP contribution < -0.4 is 0 Å². The van der Waals surface area contributed by atoms with Crippen molar-refractivity contribution in [3.8, 4) is 0 Å². The summed E-state index contributed by atoms with van der Waals surface area (Å²) < 4.78 is 0. The van der Waals surface area contributed by atoms with Gasteiger partial charge in [-0.3, -0.25) is 0 Å². The molecule has 1 radical (unpaired) electrons. The van der Waals surface area contributed by atoms with Gasteiger partial charge in [-0.1, -0.05) is 0 Å². The minimum Gasteiger partial charge on any atom is -2.00 e. The molecule has 0 aliphatic carbocycles. The van der Waals surface area contributed by atoms with Crippen LogP contribution in [0.25, 0.3) is 0 Å². The smallest absolute Gasteiger partial charge is 2.00 e. The molecule has 4 heavy (non-hydrogen) atoms. The molecule has 23 valence electrons. The van der Waals surface area contributed by atoms with Gasteiger partial charge in [-0.2, -0.15) is 0 Å². The van der Waals surface area contributed by atoms with Crippen molar-refractivity contribution >= 4 is 17.4 Å². The molecule has 0 unspecified atom stereocenters. The summed E-state index contributed by atoms with van der Waals surface area (Å²) >= 11 is 0. The van der Waals surface area contributed by atoms with E-state index in [4.69, 9.17) is 0 Å². The van der Waals surface area contributed by atoms with E-state index >= 15 is 0 Å². The van der Waals surface area contributed by atoms with Crippen LogP contribution in [0.5, 0.6) is 0 Å². The molecule has 0 aromatic rings. The quantitative estimate of drug-likeness (QED) is 0.470. The zero-order valence-electron chi connectivity index (χ0n) is 1.68. The predicted octanol–water partition coefficient (Wildman–Crippen LogP) is -0.505. The second-order valence-electron chi connectivity index (χ2n) is 0. The summed E-state index contributed by atoms with van der Waals surface area (Å²) in [6.07, 6.45) is 0. The van der Waals surface area contributed by atoms with Crippen LogP contribution in [0, 0.1) is 0 Å². The maximum Gasteiger partial charge on any atom is 3.00 e. The molecule has 0 aliphatic heterocycles. The van der Waals surface area contributed by atoms with Gasteiger partial charge in [-0.05, 0) is 0 Å². The summed E-state index contributed by atoms with van der Waals surface area (Å²) in [4.78, 5) is 0. The average molecular weight is 424 g/mol. The Morgan fingerprint density at radius 1 is 1.00 bits per heavy atom. The molecule has 0 bridgehead atoms. The van der Waals surface area contributed by atoms with E-state index in [-0.39, 0.29) is 64.3 Å². The van der Waals surface area contributed by atoms with E-state index in [0.717, 1.165) is 0 Å². The largest absolute Gasteiger partial charge is 3.00 e. The summed E-state index contributed by atoms with van der Waals surface area (Å²) in [5.74, 6) is 0. The molecule has 0 heterocycles. The van der Waals surface area contributed by atoms with Gasteiger partial charge in [-0.15, -0.1) is 0 Å². The van der Waals surface area contributed by atoms with E-state index < -0.39 is 0 Å². The van der Waals surface area contributed by atoms with Gasteiger partial charge in [0.05, 0.1) is 0 Å². The average Bonchev–Trinajstić information content (AvgIpc) is 0. The van der Waals surface area contributed by atoms with Crippen LogP contribution >= 0.6 is 0 Å². The number of rotatable bonds is 0. The Hall–Kier alpha value is 1.84. The van der Waals surface area contributed by atoms with E-state index in [1.807, 2.05) is 0 Å². The molecule has 0 amide bonds. The maximum absolute atomic E-state index is 0. The van der Waals surface area contributed by atoms with Gasteiger partial charge in [0.25, 0.3) is 0 Å². The van der Waals surface area contributed by atoms with Crippen LogP contribution in [0.2, 0.25) is 0 Å². The van der Waals surface area contributed by atoms with Crippen LogP contribution in [0.3, 0.4) is 0 Å². The minimum atomic E-state index is 0. The maximum atomic E-state index is 0. The summed E-state index contributed by atoms with van der Waals surface area (Å²) in [5, 5.41) is 0. The van der Waals surface area contributed by atoms with E-state index in [0.29, 0.717) is 0 Å². The second-order valence-corrected chi connectivity index (χ2v) is 0. The molecule has 0 atom stereocenters. The molecule has 0 saturated carbocycles. The van der Waals surface area contributed by atoms with Crippen molar-refractivity contribution in [3.05, 3.63) is 0 Å². The van der Waals surface area contributed by atoms with Gasteiger partial charge in [0.1, 0.15) is 0 Å². The molecule has 0 spiro atoms. The van der Waals surface area contributed by atoms with Crippen molar-refractivity contribution in [2.45, 2.75) is 0 Å². The van der Waals surface area contributed by atoms with Crippen LogP contribution in [0.1, 0.15) is 0 Å². The molecule has 0 N–H and O–H groups in total. The zero-order valence-corrected chi connectivity index (χ0v) is 7.82. The van der Waals surface area contributed by atoms with Crippen LogP contribution in [-0.2, 0) is 47.0 Å². The van der Waals surface area contributed by atoms with Crippen LogP contribution in [0.4, 0.5) is 0 Å². The first-order chi connectivity index (χ1) is 0. The SMILES string of the molecule is [Al+3].[O-2].[Pt+2].[Re]. The standard InChI is InChI=1S/Al.O.Pt.Re/q+3;-2;+2;. The fourth-order valence-electron chi connectivity index (χ4n) is 0. The van der Waals surface area contributed by atoms with E-state index in [2.05, 4.69) is 0 Å². The van der Waals surface area contributed by atoms with Gasteiger partial charge < -0.3 is 5.48 Å². The molecule has 0 aromatic heterocycles. The molecule has 0 fully saturated rings. The van der Waals surface area contributed by atoms with Crippen molar-refractivity contribution in [2.75, 3.05) is 0 Å². The van der Waals surface area contributed by atoms with Crippen LogP contribution in [-0.4, -0.2) is 17.4 Å². The molecular weight excluding hydrogens is 424 g/mol. The predicted molar refractivity (Wildman–Crippen MR) is 6.44 cm³/mol. The summed E-state index contributed by atoms with van der Waals surface area (Å²) in [6.45, 7) is 0. The van der Waals surface area contributed by atoms with Crippen molar-refractivity contribution in [2.24, 2.45) is 0 Å². The first-order valence-corrected chi connectivity index (χ1v) is 0. The van der Waals surface area contributed by atoms with Gasteiger partial charge in [0.2, 0.25) is 0 Å². The molecule has 4 heteroatoms. The van der Waals surface area contributed by atoms with Crippen molar-refractivity contribution < 1.29 is 47.0 Å². The van der Waals surface area contributed by atoms with Gasteiger partial charge >= 0.3 is 38.4 Å². The Morgan fingerprint density at radius 3 is 1.00 bits per heavy atom. The van der Waals surface area contributed by atoms with Crippen LogP contribution in [0.15, 0.2) is 0 Å². The van der Waals surface area contributed by atoms with Crippen molar-refractivity contribution in [1.82, 2.24) is 0 Å². The summed E-state index contributed by atoms with van der Waals surface area (Å²) in [7, 11) is 0. The number of hydrogen-bond donors (Lipinski definition) is 0. The molecule has 0 saturated heterocycles. The zero-order chi connectivity index (χ0) is 0. The van der Waals surface area contributed by atoms with E-state index in [9.17, 15) is 0 Å². The second kappa shape index (κ2) is 21.1. The third kappa shape index (κ3) is 9.14. The van der Waals surface area contributed by atoms with Crippen molar-refractivity contribution in [1.29, 1.82) is 0 Å². The molecular formula is AlOPtRe+3. The topological polar surface area (TPSA) is 28.5 Å². The first-order valence-electron chi connectivity index (χ1n) is 0. The fourth-order valence-corrected chi connectivity index (χ4v) is 0. The molecule has 0 aliphatic rings. The Balaban J connectivity index is 0. The van der Waals surface area contributed by atoms with Gasteiger partial charge in [0, 0.05) is 20.4 Å². The van der Waals surface area contributed by atoms with Crippen molar-refractivity contribution in [3.63, 3.8) is 0 Å². The number of hydrogen-bond acceptors (Lipinski definition) is 0. The van der Waals surface area contributed by atoms with E-state index in [1.165, 1.54) is 0 Å². The first kappa shape index (κ1) is 40.3. The van der Waals surface area contributed by atoms with Gasteiger partial charge in [0.15, 0.2) is 0 Å². The minimum absolute atomic E-state index is 0. The Kier molecular flexibility index (Phi) is 212. The Bertz CT molecular complexity index is 8.00. The Morgan fingerprint density at radius 2 is 1.00 bits per heavy atom. The van der Waals surface area contributed by atoms with E-state index in [1.54, 1.807) is 0 Å². The third-order valence-corrected chi connectivity index (χ3v) is 0. The van der Waals surface area contributed by atoms with Gasteiger partial charge in [-0.25, -0.2) is 0 Å². The fraction of sp³-hybridized carbons (Fsp3) is 0. The normalized spacial score (nSPS) is 0. The Labute approximate surface area is 63.9 Å². The molecule has 0 aromatic carbocycles. The molecule has 0 rings (SSSR count).